The number of nitrogens with one attached hydrogen (secondary N) is 2. The number of halogens is 1. The van der Waals surface area contributed by atoms with Crippen molar-refractivity contribution in [2.45, 2.75) is 0 Å². The van der Waals surface area contributed by atoms with E-state index in [1.165, 1.54) is 0 Å². The molecular weight excluding hydrogens is 360 g/mol. The maximum Gasteiger partial charge on any atom is 0.300 e. The summed E-state index contributed by atoms with van der Waals surface area (Å²) >= 11 is 3.04. The Labute approximate surface area is 140 Å². The topological polar surface area (TPSA) is 76.0 Å². The second-order valence-electron chi connectivity index (χ2n) is 4.73. The Balaban J connectivity index is 2.18. The Morgan fingerprint density at radius 3 is 2.52 bits per heavy atom. The summed E-state index contributed by atoms with van der Waals surface area (Å²) in [6.07, 6.45) is 0. The maximum absolute atomic E-state index is 12.8. The van der Waals surface area contributed by atoms with Gasteiger partial charge in [0.2, 0.25) is 11.7 Å². The molecule has 0 fully saturated rings. The van der Waals surface area contributed by atoms with Crippen LogP contribution < -0.4 is 16.4 Å². The van der Waals surface area contributed by atoms with Crippen molar-refractivity contribution < 1.29 is 4.79 Å². The summed E-state index contributed by atoms with van der Waals surface area (Å²) in [5, 5.41) is 0.125. The van der Waals surface area contributed by atoms with Crippen LogP contribution in [0.15, 0.2) is 59.4 Å². The number of hydrazine groups is 1. The van der Waals surface area contributed by atoms with Gasteiger partial charge in [0, 0.05) is 5.69 Å². The molecule has 0 saturated carbocycles. The summed E-state index contributed by atoms with van der Waals surface area (Å²) in [7, 11) is 0. The van der Waals surface area contributed by atoms with Gasteiger partial charge in [-0.2, -0.15) is 0 Å². The van der Waals surface area contributed by atoms with Gasteiger partial charge in [-0.05, 0) is 24.3 Å². The number of para-hydroxylation sites is 3. The molecule has 2 aromatic carbocycles. The number of alkyl halides is 1. The molecule has 3 aromatic rings. The van der Waals surface area contributed by atoms with Crippen molar-refractivity contribution >= 4 is 38.7 Å². The van der Waals surface area contributed by atoms with E-state index >= 15 is 0 Å². The summed E-state index contributed by atoms with van der Waals surface area (Å²) in [4.78, 5) is 28.4. The van der Waals surface area contributed by atoms with Gasteiger partial charge < -0.3 is 0 Å². The molecule has 7 heteroatoms. The van der Waals surface area contributed by atoms with Crippen LogP contribution in [0.5, 0.6) is 0 Å². The molecule has 0 saturated heterocycles. The molecule has 2 N–H and O–H groups in total. The van der Waals surface area contributed by atoms with Gasteiger partial charge in [-0.25, -0.2) is 4.98 Å². The maximum atomic E-state index is 12.8. The molecule has 3 rings (SSSR count). The van der Waals surface area contributed by atoms with Crippen molar-refractivity contribution in [2.75, 3.05) is 10.8 Å². The lowest BCUT2D eigenvalue weighted by molar-refractivity contribution is -0.118. The van der Waals surface area contributed by atoms with E-state index in [2.05, 4.69) is 31.8 Å². The van der Waals surface area contributed by atoms with Crippen LogP contribution in [0.4, 0.5) is 5.82 Å². The molecule has 0 bridgehead atoms. The molecule has 23 heavy (non-hydrogen) atoms. The number of benzene rings is 2. The Morgan fingerprint density at radius 2 is 1.78 bits per heavy atom. The number of rotatable bonds is 4. The number of anilines is 1. The smallest absolute Gasteiger partial charge is 0.277 e. The predicted octanol–water partition coefficient (Wildman–Crippen LogP) is 2.22. The Kier molecular flexibility index (Phi) is 4.38. The van der Waals surface area contributed by atoms with Crippen molar-refractivity contribution in [3.8, 4) is 5.69 Å². The molecule has 1 heterocycles. The fraction of sp³-hybridized carbons (Fsp3) is 0.0625. The average Bonchev–Trinajstić information content (AvgIpc) is 2.60. The molecule has 0 aliphatic carbocycles. The highest BCUT2D eigenvalue weighted by atomic mass is 79.9. The molecule has 1 amide bonds. The van der Waals surface area contributed by atoms with Crippen molar-refractivity contribution in [3.05, 3.63) is 65.0 Å². The van der Waals surface area contributed by atoms with Gasteiger partial charge in [-0.15, -0.1) is 0 Å². The minimum Gasteiger partial charge on any atom is -0.277 e. The van der Waals surface area contributed by atoms with E-state index < -0.39 is 0 Å². The van der Waals surface area contributed by atoms with Crippen LogP contribution >= 0.6 is 15.9 Å². The Hall–Kier alpha value is -2.67. The zero-order chi connectivity index (χ0) is 16.2. The van der Waals surface area contributed by atoms with E-state index in [0.29, 0.717) is 11.0 Å². The van der Waals surface area contributed by atoms with Crippen molar-refractivity contribution in [3.63, 3.8) is 0 Å². The predicted molar refractivity (Wildman–Crippen MR) is 92.9 cm³/mol. The van der Waals surface area contributed by atoms with Gasteiger partial charge >= 0.3 is 0 Å². The van der Waals surface area contributed by atoms with Gasteiger partial charge in [0.25, 0.3) is 5.56 Å². The monoisotopic (exact) mass is 372 g/mol. The largest absolute Gasteiger partial charge is 0.300 e. The third-order valence-corrected chi connectivity index (χ3v) is 3.73. The van der Waals surface area contributed by atoms with E-state index in [0.717, 1.165) is 5.69 Å². The molecule has 116 valence electrons. The summed E-state index contributed by atoms with van der Waals surface area (Å²) in [6, 6.07) is 16.6. The number of nitrogens with zero attached hydrogens (tertiary/aromatic N) is 2. The van der Waals surface area contributed by atoms with E-state index in [9.17, 15) is 9.59 Å². The number of fused-ring (bicyclic) bond motifs is 1. The highest BCUT2D eigenvalue weighted by molar-refractivity contribution is 9.09. The molecule has 0 aliphatic rings. The van der Waals surface area contributed by atoms with E-state index in [4.69, 9.17) is 0 Å². The summed E-state index contributed by atoms with van der Waals surface area (Å²) in [5.74, 6) is -0.243. The first-order chi connectivity index (χ1) is 11.2. The molecule has 0 spiro atoms. The van der Waals surface area contributed by atoms with Crippen LogP contribution in [0, 0.1) is 0 Å². The number of hydrogen-bond acceptors (Lipinski definition) is 4. The van der Waals surface area contributed by atoms with Crippen molar-refractivity contribution in [2.24, 2.45) is 0 Å². The third kappa shape index (κ3) is 3.09. The van der Waals surface area contributed by atoms with Crippen LogP contribution in [-0.4, -0.2) is 20.8 Å². The van der Waals surface area contributed by atoms with Gasteiger partial charge in [-0.1, -0.05) is 46.3 Å². The van der Waals surface area contributed by atoms with E-state index in [-0.39, 0.29) is 22.6 Å². The Bertz CT molecular complexity index is 909. The average molecular weight is 373 g/mol. The number of aromatic nitrogens is 2. The Morgan fingerprint density at radius 1 is 1.09 bits per heavy atom. The first kappa shape index (κ1) is 15.2. The second kappa shape index (κ2) is 6.62. The molecule has 0 atom stereocenters. The number of amides is 1. The van der Waals surface area contributed by atoms with E-state index in [1.54, 1.807) is 4.57 Å². The minimum absolute atomic E-state index is 0.0573. The quantitative estimate of drug-likeness (QED) is 0.543. The summed E-state index contributed by atoms with van der Waals surface area (Å²) < 4.78 is 1.56. The first-order valence-electron chi connectivity index (χ1n) is 6.89. The highest BCUT2D eigenvalue weighted by Crippen LogP contribution is 2.16. The molecule has 0 unspecified atom stereocenters. The van der Waals surface area contributed by atoms with Crippen molar-refractivity contribution in [1.82, 2.24) is 15.0 Å². The number of carbonyl (C=O) groups excluding carboxylic acids is 1. The third-order valence-electron chi connectivity index (χ3n) is 3.22. The molecule has 6 nitrogen and oxygen atoms in total. The van der Waals surface area contributed by atoms with Crippen molar-refractivity contribution in [1.29, 1.82) is 0 Å². The van der Waals surface area contributed by atoms with Crippen LogP contribution in [0.3, 0.4) is 0 Å². The fourth-order valence-electron chi connectivity index (χ4n) is 2.21. The lowest BCUT2D eigenvalue weighted by atomic mass is 10.2. The molecular formula is C16H13BrN4O2. The molecule has 0 radical (unpaired) electrons. The normalized spacial score (nSPS) is 10.5. The lowest BCUT2D eigenvalue weighted by Gasteiger charge is -2.13. The molecule has 1 aromatic heterocycles. The fourth-order valence-corrected chi connectivity index (χ4v) is 2.35. The van der Waals surface area contributed by atoms with Gasteiger partial charge in [0.05, 0.1) is 16.4 Å². The zero-order valence-electron chi connectivity index (χ0n) is 12.0. The van der Waals surface area contributed by atoms with Crippen LogP contribution in [0.1, 0.15) is 0 Å². The zero-order valence-corrected chi connectivity index (χ0v) is 13.6. The SMILES string of the molecule is O=C(CBr)NNc1nc2ccccc2n(-c2ccccc2)c1=O. The number of carbonyl (C=O) groups is 1. The number of hydrogen-bond donors (Lipinski definition) is 2. The summed E-state index contributed by atoms with van der Waals surface area (Å²) in [5.41, 5.74) is 6.74. The van der Waals surface area contributed by atoms with Crippen LogP contribution in [0.2, 0.25) is 0 Å². The first-order valence-corrected chi connectivity index (χ1v) is 8.01. The van der Waals surface area contributed by atoms with Gasteiger partial charge in [0.15, 0.2) is 0 Å². The molecule has 0 aliphatic heterocycles. The second-order valence-corrected chi connectivity index (χ2v) is 5.29. The minimum atomic E-state index is -0.343. The standard InChI is InChI=1S/C16H13BrN4O2/c17-10-14(22)19-20-15-16(23)21(11-6-2-1-3-7-11)13-9-5-4-8-12(13)18-15/h1-9H,10H2,(H,18,20)(H,19,22). The summed E-state index contributed by atoms with van der Waals surface area (Å²) in [6.45, 7) is 0. The lowest BCUT2D eigenvalue weighted by Crippen LogP contribution is -2.35. The van der Waals surface area contributed by atoms with Crippen LogP contribution in [0.25, 0.3) is 16.7 Å². The van der Waals surface area contributed by atoms with E-state index in [1.807, 2.05) is 54.6 Å². The highest BCUT2D eigenvalue weighted by Gasteiger charge is 2.12. The van der Waals surface area contributed by atoms with Gasteiger partial charge in [0.1, 0.15) is 0 Å². The van der Waals surface area contributed by atoms with Crippen LogP contribution in [-0.2, 0) is 4.79 Å². The van der Waals surface area contributed by atoms with Gasteiger partial charge in [-0.3, -0.25) is 25.0 Å².